The van der Waals surface area contributed by atoms with Crippen LogP contribution in [0.5, 0.6) is 0 Å². The molecular weight excluding hydrogens is 675 g/mol. The molecule has 0 unspecified atom stereocenters. The summed E-state index contributed by atoms with van der Waals surface area (Å²) in [5.74, 6) is 0. The van der Waals surface area contributed by atoms with E-state index >= 15 is 0 Å². The molecule has 0 atom stereocenters. The van der Waals surface area contributed by atoms with E-state index in [9.17, 15) is 0 Å². The first kappa shape index (κ1) is 32.7. The maximum Gasteiger partial charge on any atom is 4.00 e. The molecule has 0 aliphatic heterocycles. The number of benzene rings is 4. The monoisotopic (exact) mass is 718 g/mol. The van der Waals surface area contributed by atoms with Gasteiger partial charge in [-0.2, -0.15) is 12.1 Å². The van der Waals surface area contributed by atoms with Crippen LogP contribution in [0.1, 0.15) is 29.2 Å². The van der Waals surface area contributed by atoms with Crippen molar-refractivity contribution in [2.45, 2.75) is 47.2 Å². The fourth-order valence-corrected chi connectivity index (χ4v) is 9.26. The smallest absolute Gasteiger partial charge is 0.358 e. The molecule has 6 aromatic carbocycles. The van der Waals surface area contributed by atoms with E-state index in [0.717, 1.165) is 0 Å². The van der Waals surface area contributed by atoms with Crippen LogP contribution in [0.25, 0.3) is 43.8 Å². The summed E-state index contributed by atoms with van der Waals surface area (Å²) in [5.41, 5.74) is 10.9. The van der Waals surface area contributed by atoms with Crippen LogP contribution in [0.4, 0.5) is 0 Å². The van der Waals surface area contributed by atoms with Crippen molar-refractivity contribution < 1.29 is 25.8 Å². The SMILES string of the molecule is CC[Si](C)(c1cc2c(-c3cccc(C)c3C)cccc2[cH-]1)c1cc2c(-c3cccc(C)c3C)cccc2[cH-]1.[CH3-].[CH3-].[Hf+4]. The van der Waals surface area contributed by atoms with Gasteiger partial charge in [0.1, 0.15) is 0 Å². The largest absolute Gasteiger partial charge is 4.00 e. The van der Waals surface area contributed by atoms with Crippen molar-refractivity contribution in [3.8, 4) is 22.3 Å². The molecule has 0 bridgehead atoms. The molecule has 206 valence electrons. The second-order valence-corrected chi connectivity index (χ2v) is 15.8. The van der Waals surface area contributed by atoms with Gasteiger partial charge in [0.25, 0.3) is 0 Å². The number of hydrogen-bond acceptors (Lipinski definition) is 0. The Bertz CT molecular complexity index is 1680. The fourth-order valence-electron chi connectivity index (χ4n) is 6.24. The molecule has 0 fully saturated rings. The van der Waals surface area contributed by atoms with Crippen molar-refractivity contribution in [3.63, 3.8) is 0 Å². The summed E-state index contributed by atoms with van der Waals surface area (Å²) >= 11 is 0. The molecule has 41 heavy (non-hydrogen) atoms. The Labute approximate surface area is 268 Å². The third-order valence-corrected chi connectivity index (χ3v) is 13.8. The van der Waals surface area contributed by atoms with Crippen LogP contribution < -0.4 is 10.4 Å². The van der Waals surface area contributed by atoms with Crippen molar-refractivity contribution in [2.24, 2.45) is 0 Å². The normalized spacial score (nSPS) is 11.2. The van der Waals surface area contributed by atoms with Crippen LogP contribution in [0.2, 0.25) is 12.6 Å². The Hall–Kier alpha value is -2.81. The predicted octanol–water partition coefficient (Wildman–Crippen LogP) is 10.1. The predicted molar refractivity (Wildman–Crippen MR) is 183 cm³/mol. The van der Waals surface area contributed by atoms with Gasteiger partial charge in [-0.3, -0.25) is 0 Å². The summed E-state index contributed by atoms with van der Waals surface area (Å²) in [6, 6.07) is 38.2. The maximum atomic E-state index is 2.56. The van der Waals surface area contributed by atoms with Gasteiger partial charge < -0.3 is 14.9 Å². The molecule has 0 saturated heterocycles. The molecule has 0 nitrogen and oxygen atoms in total. The minimum absolute atomic E-state index is 0. The van der Waals surface area contributed by atoms with Gasteiger partial charge in [-0.1, -0.05) is 79.2 Å². The Morgan fingerprint density at radius 2 is 0.927 bits per heavy atom. The second kappa shape index (κ2) is 12.6. The van der Waals surface area contributed by atoms with Crippen LogP contribution in [0.3, 0.4) is 0 Å². The number of aryl methyl sites for hydroxylation is 2. The van der Waals surface area contributed by atoms with Gasteiger partial charge in [0.05, 0.1) is 8.07 Å². The molecule has 0 saturated carbocycles. The first-order chi connectivity index (χ1) is 18.3. The van der Waals surface area contributed by atoms with E-state index in [4.69, 9.17) is 0 Å². The van der Waals surface area contributed by atoms with Gasteiger partial charge >= 0.3 is 25.8 Å². The van der Waals surface area contributed by atoms with Crippen molar-refractivity contribution in [2.75, 3.05) is 0 Å². The maximum absolute atomic E-state index is 2.56. The quantitative estimate of drug-likeness (QED) is 0.123. The first-order valence-electron chi connectivity index (χ1n) is 13.8. The molecule has 0 amide bonds. The topological polar surface area (TPSA) is 0 Å². The van der Waals surface area contributed by atoms with Crippen LogP contribution in [-0.4, -0.2) is 8.07 Å². The molecule has 2 heteroatoms. The summed E-state index contributed by atoms with van der Waals surface area (Å²) in [6.07, 6.45) is 0. The van der Waals surface area contributed by atoms with Crippen molar-refractivity contribution in [1.29, 1.82) is 0 Å². The molecule has 0 spiro atoms. The van der Waals surface area contributed by atoms with E-state index in [1.807, 2.05) is 0 Å². The molecule has 6 rings (SSSR count). The van der Waals surface area contributed by atoms with Gasteiger partial charge in [-0.25, -0.2) is 0 Å². The van der Waals surface area contributed by atoms with Crippen LogP contribution >= 0.6 is 0 Å². The van der Waals surface area contributed by atoms with Crippen molar-refractivity contribution in [3.05, 3.63) is 134 Å². The Morgan fingerprint density at radius 1 is 0.561 bits per heavy atom. The van der Waals surface area contributed by atoms with E-state index in [0.29, 0.717) is 0 Å². The summed E-state index contributed by atoms with van der Waals surface area (Å²) in [5, 5.41) is 8.56. The van der Waals surface area contributed by atoms with Gasteiger partial charge in [-0.05, 0) is 61.1 Å². The second-order valence-electron chi connectivity index (χ2n) is 11.3. The third-order valence-electron chi connectivity index (χ3n) is 9.27. The van der Waals surface area contributed by atoms with E-state index in [2.05, 4.69) is 138 Å². The average molecular weight is 717 g/mol. The molecular formula is C39H42HfSi. The zero-order valence-corrected chi connectivity index (χ0v) is 30.5. The molecule has 0 heterocycles. The molecule has 0 N–H and O–H groups in total. The fraction of sp³-hybridized carbons (Fsp3) is 0.179. The number of rotatable bonds is 5. The molecule has 6 aromatic rings. The number of hydrogen-bond donors (Lipinski definition) is 0. The number of fused-ring (bicyclic) bond motifs is 2. The Kier molecular flexibility index (Phi) is 10.0. The molecule has 0 radical (unpaired) electrons. The van der Waals surface area contributed by atoms with E-state index in [1.165, 1.54) is 82.5 Å². The van der Waals surface area contributed by atoms with Gasteiger partial charge in [0.15, 0.2) is 0 Å². The minimum Gasteiger partial charge on any atom is -0.358 e. The van der Waals surface area contributed by atoms with Crippen LogP contribution in [0, 0.1) is 42.5 Å². The van der Waals surface area contributed by atoms with E-state index in [-0.39, 0.29) is 40.7 Å². The van der Waals surface area contributed by atoms with Gasteiger partial charge in [-0.15, -0.1) is 68.3 Å². The van der Waals surface area contributed by atoms with Crippen LogP contribution in [0.15, 0.2) is 97.1 Å². The zero-order valence-electron chi connectivity index (χ0n) is 25.9. The molecule has 0 aromatic heterocycles. The van der Waals surface area contributed by atoms with Crippen molar-refractivity contribution >= 4 is 40.0 Å². The Morgan fingerprint density at radius 3 is 1.32 bits per heavy atom. The summed E-state index contributed by atoms with van der Waals surface area (Å²) < 4.78 is 0. The summed E-state index contributed by atoms with van der Waals surface area (Å²) in [6.45, 7) is 13.9. The zero-order chi connectivity index (χ0) is 26.6. The average Bonchev–Trinajstić information content (AvgIpc) is 3.57. The Balaban J connectivity index is 0.00000154. The molecule has 0 aliphatic carbocycles. The van der Waals surface area contributed by atoms with Gasteiger partial charge in [0.2, 0.25) is 0 Å². The standard InChI is InChI=1S/C37H36Si.2CH3.Hf/c1-7-38(6,30-20-28-14-10-18-34(36(28)22-30)32-16-8-12-24(2)26(32)4)31-21-29-15-11-19-35(37(29)23-31)33-17-9-13-25(3)27(33)5;;;/h8-23H,7H2,1-6H3;2*1H3;/q-2;2*-1;+4. The van der Waals surface area contributed by atoms with Gasteiger partial charge in [0, 0.05) is 0 Å². The third kappa shape index (κ3) is 5.42. The summed E-state index contributed by atoms with van der Waals surface area (Å²) in [7, 11) is -1.94. The van der Waals surface area contributed by atoms with E-state index in [1.54, 1.807) is 0 Å². The molecule has 0 aliphatic rings. The van der Waals surface area contributed by atoms with Crippen LogP contribution in [-0.2, 0) is 25.8 Å². The van der Waals surface area contributed by atoms with Crippen molar-refractivity contribution in [1.82, 2.24) is 0 Å². The van der Waals surface area contributed by atoms with E-state index < -0.39 is 8.07 Å². The minimum atomic E-state index is -1.94. The first-order valence-corrected chi connectivity index (χ1v) is 16.6. The summed E-state index contributed by atoms with van der Waals surface area (Å²) in [4.78, 5) is 0.